The van der Waals surface area contributed by atoms with Crippen LogP contribution in [0.2, 0.25) is 0 Å². The largest absolute Gasteiger partial charge is 0.358 e. The minimum Gasteiger partial charge on any atom is -0.358 e. The number of aromatic nitrogens is 1. The van der Waals surface area contributed by atoms with E-state index in [1.807, 2.05) is 55.5 Å². The Bertz CT molecular complexity index is 1310. The number of hydrogen-bond acceptors (Lipinski definition) is 2. The molecule has 33 heavy (non-hydrogen) atoms. The van der Waals surface area contributed by atoms with Gasteiger partial charge in [0.25, 0.3) is 11.8 Å². The average molecular weight is 502 g/mol. The van der Waals surface area contributed by atoms with Gasteiger partial charge >= 0.3 is 0 Å². The number of nitrogens with one attached hydrogen (secondary N) is 3. The summed E-state index contributed by atoms with van der Waals surface area (Å²) < 4.78 is 0.938. The van der Waals surface area contributed by atoms with Crippen molar-refractivity contribution in [2.45, 2.75) is 13.3 Å². The molecule has 3 aromatic carbocycles. The van der Waals surface area contributed by atoms with E-state index in [4.69, 9.17) is 0 Å². The molecule has 0 fully saturated rings. The highest BCUT2D eigenvalue weighted by molar-refractivity contribution is 9.10. The van der Waals surface area contributed by atoms with Crippen molar-refractivity contribution in [2.24, 2.45) is 0 Å². The SMILES string of the molecule is Cc1[nH]c2ccccc2c1CCNC(=O)/C(=C/c1ccc(Br)cc1)NC(=O)c1ccccc1. The van der Waals surface area contributed by atoms with Crippen molar-refractivity contribution in [3.05, 3.63) is 111 Å². The van der Waals surface area contributed by atoms with Crippen molar-refractivity contribution in [3.8, 4) is 0 Å². The third-order valence-electron chi connectivity index (χ3n) is 5.40. The molecule has 0 aliphatic heterocycles. The molecule has 4 rings (SSSR count). The number of carbonyl (C=O) groups excluding carboxylic acids is 2. The number of aryl methyl sites for hydroxylation is 1. The topological polar surface area (TPSA) is 74.0 Å². The highest BCUT2D eigenvalue weighted by Crippen LogP contribution is 2.22. The minimum absolute atomic E-state index is 0.196. The van der Waals surface area contributed by atoms with Gasteiger partial charge in [0.15, 0.2) is 0 Å². The lowest BCUT2D eigenvalue weighted by Crippen LogP contribution is -2.35. The van der Waals surface area contributed by atoms with E-state index in [1.54, 1.807) is 30.3 Å². The van der Waals surface area contributed by atoms with Crippen LogP contribution in [0.4, 0.5) is 0 Å². The van der Waals surface area contributed by atoms with Gasteiger partial charge in [-0.25, -0.2) is 0 Å². The number of para-hydroxylation sites is 1. The molecule has 166 valence electrons. The molecular weight excluding hydrogens is 478 g/mol. The number of hydrogen-bond donors (Lipinski definition) is 3. The van der Waals surface area contributed by atoms with Gasteiger partial charge in [0, 0.05) is 33.2 Å². The minimum atomic E-state index is -0.334. The molecule has 0 spiro atoms. The van der Waals surface area contributed by atoms with Crippen LogP contribution in [0.1, 0.15) is 27.2 Å². The molecule has 0 saturated carbocycles. The summed E-state index contributed by atoms with van der Waals surface area (Å²) in [4.78, 5) is 29.1. The van der Waals surface area contributed by atoms with E-state index in [9.17, 15) is 9.59 Å². The molecule has 2 amide bonds. The van der Waals surface area contributed by atoms with Gasteiger partial charge < -0.3 is 15.6 Å². The summed E-state index contributed by atoms with van der Waals surface area (Å²) in [6.45, 7) is 2.48. The van der Waals surface area contributed by atoms with Crippen LogP contribution < -0.4 is 10.6 Å². The van der Waals surface area contributed by atoms with Crippen molar-refractivity contribution in [1.29, 1.82) is 0 Å². The van der Waals surface area contributed by atoms with Gasteiger partial charge in [-0.2, -0.15) is 0 Å². The Morgan fingerprint density at radius 1 is 0.939 bits per heavy atom. The third-order valence-corrected chi connectivity index (χ3v) is 5.93. The normalized spacial score (nSPS) is 11.4. The van der Waals surface area contributed by atoms with E-state index < -0.39 is 0 Å². The van der Waals surface area contributed by atoms with Gasteiger partial charge in [-0.1, -0.05) is 64.5 Å². The fraction of sp³-hybridized carbons (Fsp3) is 0.111. The van der Waals surface area contributed by atoms with Crippen molar-refractivity contribution >= 4 is 44.7 Å². The van der Waals surface area contributed by atoms with Crippen LogP contribution >= 0.6 is 15.9 Å². The molecule has 0 saturated heterocycles. The molecule has 0 unspecified atom stereocenters. The fourth-order valence-corrected chi connectivity index (χ4v) is 3.99. The Morgan fingerprint density at radius 3 is 2.39 bits per heavy atom. The quantitative estimate of drug-likeness (QED) is 0.298. The van der Waals surface area contributed by atoms with Gasteiger partial charge in [-0.05, 0) is 60.9 Å². The molecule has 0 aliphatic rings. The van der Waals surface area contributed by atoms with E-state index in [0.717, 1.165) is 26.6 Å². The second kappa shape index (κ2) is 10.3. The van der Waals surface area contributed by atoms with Crippen LogP contribution in [0, 0.1) is 6.92 Å². The molecule has 6 heteroatoms. The van der Waals surface area contributed by atoms with Crippen molar-refractivity contribution in [2.75, 3.05) is 6.54 Å². The standard InChI is InChI=1S/C27H24BrN3O2/c1-18-22(23-9-5-6-10-24(23)30-18)15-16-29-27(33)25(17-19-11-13-21(28)14-12-19)31-26(32)20-7-3-2-4-8-20/h2-14,17,30H,15-16H2,1H3,(H,29,33)(H,31,32)/b25-17-. The number of aromatic amines is 1. The first-order valence-corrected chi connectivity index (χ1v) is 11.5. The summed E-state index contributed by atoms with van der Waals surface area (Å²) in [5, 5.41) is 6.89. The smallest absolute Gasteiger partial charge is 0.267 e. The lowest BCUT2D eigenvalue weighted by atomic mass is 10.1. The van der Waals surface area contributed by atoms with Crippen LogP contribution in [0.15, 0.2) is 89.0 Å². The van der Waals surface area contributed by atoms with E-state index >= 15 is 0 Å². The number of H-pyrrole nitrogens is 1. The van der Waals surface area contributed by atoms with Crippen molar-refractivity contribution in [1.82, 2.24) is 15.6 Å². The fourth-order valence-electron chi connectivity index (χ4n) is 3.72. The number of benzene rings is 3. The third kappa shape index (κ3) is 5.59. The average Bonchev–Trinajstić information content (AvgIpc) is 3.15. The highest BCUT2D eigenvalue weighted by Gasteiger charge is 2.15. The first-order valence-electron chi connectivity index (χ1n) is 10.7. The molecule has 5 nitrogen and oxygen atoms in total. The maximum Gasteiger partial charge on any atom is 0.267 e. The maximum absolute atomic E-state index is 13.0. The Hall–Kier alpha value is -3.64. The van der Waals surface area contributed by atoms with Gasteiger partial charge in [0.1, 0.15) is 5.70 Å². The van der Waals surface area contributed by atoms with Crippen LogP contribution in [-0.4, -0.2) is 23.3 Å². The Labute approximate surface area is 201 Å². The second-order valence-corrected chi connectivity index (χ2v) is 8.63. The monoisotopic (exact) mass is 501 g/mol. The van der Waals surface area contributed by atoms with Crippen LogP contribution in [0.3, 0.4) is 0 Å². The number of halogens is 1. The van der Waals surface area contributed by atoms with Crippen LogP contribution in [-0.2, 0) is 11.2 Å². The molecule has 1 heterocycles. The van der Waals surface area contributed by atoms with E-state index in [1.165, 1.54) is 5.56 Å². The summed E-state index contributed by atoms with van der Waals surface area (Å²) in [6, 6.07) is 24.5. The van der Waals surface area contributed by atoms with E-state index in [0.29, 0.717) is 18.5 Å². The van der Waals surface area contributed by atoms with Gasteiger partial charge in [0.05, 0.1) is 0 Å². The van der Waals surface area contributed by atoms with Crippen LogP contribution in [0.25, 0.3) is 17.0 Å². The van der Waals surface area contributed by atoms with Crippen molar-refractivity contribution < 1.29 is 9.59 Å². The lowest BCUT2D eigenvalue weighted by molar-refractivity contribution is -0.117. The molecule has 3 N–H and O–H groups in total. The zero-order valence-electron chi connectivity index (χ0n) is 18.2. The predicted molar refractivity (Wildman–Crippen MR) is 136 cm³/mol. The van der Waals surface area contributed by atoms with Gasteiger partial charge in [-0.15, -0.1) is 0 Å². The summed E-state index contributed by atoms with van der Waals surface area (Å²) in [7, 11) is 0. The Kier molecular flexibility index (Phi) is 7.05. The zero-order chi connectivity index (χ0) is 23.2. The molecule has 0 atom stereocenters. The Balaban J connectivity index is 1.50. The molecule has 0 aliphatic carbocycles. The van der Waals surface area contributed by atoms with E-state index in [2.05, 4.69) is 37.6 Å². The van der Waals surface area contributed by atoms with Crippen LogP contribution in [0.5, 0.6) is 0 Å². The lowest BCUT2D eigenvalue weighted by Gasteiger charge is -2.12. The molecule has 0 bridgehead atoms. The maximum atomic E-state index is 13.0. The highest BCUT2D eigenvalue weighted by atomic mass is 79.9. The van der Waals surface area contributed by atoms with Crippen molar-refractivity contribution in [3.63, 3.8) is 0 Å². The Morgan fingerprint density at radius 2 is 1.64 bits per heavy atom. The predicted octanol–water partition coefficient (Wildman–Crippen LogP) is 5.37. The van der Waals surface area contributed by atoms with Gasteiger partial charge in [0.2, 0.25) is 0 Å². The second-order valence-electron chi connectivity index (χ2n) is 7.71. The number of fused-ring (bicyclic) bond motifs is 1. The van der Waals surface area contributed by atoms with Gasteiger partial charge in [-0.3, -0.25) is 9.59 Å². The van der Waals surface area contributed by atoms with E-state index in [-0.39, 0.29) is 17.5 Å². The molecular formula is C27H24BrN3O2. The summed E-state index contributed by atoms with van der Waals surface area (Å²) in [6.07, 6.45) is 2.36. The molecule has 1 aromatic heterocycles. The number of rotatable bonds is 7. The molecule has 0 radical (unpaired) electrons. The number of carbonyl (C=O) groups is 2. The summed E-state index contributed by atoms with van der Waals surface area (Å²) in [5.74, 6) is -0.665. The summed E-state index contributed by atoms with van der Waals surface area (Å²) >= 11 is 3.42. The zero-order valence-corrected chi connectivity index (χ0v) is 19.8. The number of amides is 2. The first kappa shape index (κ1) is 22.6. The first-order chi connectivity index (χ1) is 16.0. The molecule has 4 aromatic rings. The summed E-state index contributed by atoms with van der Waals surface area (Å²) in [5.41, 5.74) is 4.85.